The third-order valence-electron chi connectivity index (χ3n) is 2.85. The molecule has 0 spiro atoms. The highest BCUT2D eigenvalue weighted by Crippen LogP contribution is 2.23. The molecular weight excluding hydrogens is 348 g/mol. The number of carbonyl (C=O) groups excluding carboxylic acids is 2. The van der Waals surface area contributed by atoms with Crippen molar-refractivity contribution in [3.8, 4) is 5.75 Å². The Morgan fingerprint density at radius 3 is 2.14 bits per heavy atom. The van der Waals surface area contributed by atoms with Crippen LogP contribution in [-0.4, -0.2) is 18.9 Å². The molecule has 2 N–H and O–H groups in total. The van der Waals surface area contributed by atoms with Gasteiger partial charge in [-0.05, 0) is 40.2 Å². The standard InChI is InChI=1S/C16H15BrN2O3/c1-22-14-9-5-4-8-13(14)19-16(21)10-15(20)18-12-7-3-2-6-11(12)17/h2-9H,10H2,1H3,(H,18,20)(H,19,21). The first-order chi connectivity index (χ1) is 10.6. The van der Waals surface area contributed by atoms with Crippen LogP contribution in [0.5, 0.6) is 5.75 Å². The summed E-state index contributed by atoms with van der Waals surface area (Å²) in [6.45, 7) is 0. The van der Waals surface area contributed by atoms with Gasteiger partial charge in [0.15, 0.2) is 0 Å². The number of hydrogen-bond donors (Lipinski definition) is 2. The van der Waals surface area contributed by atoms with Crippen molar-refractivity contribution in [3.63, 3.8) is 0 Å². The summed E-state index contributed by atoms with van der Waals surface area (Å²) < 4.78 is 5.90. The Labute approximate surface area is 136 Å². The molecule has 22 heavy (non-hydrogen) atoms. The van der Waals surface area contributed by atoms with Crippen molar-refractivity contribution in [2.24, 2.45) is 0 Å². The Morgan fingerprint density at radius 2 is 1.50 bits per heavy atom. The van der Waals surface area contributed by atoms with E-state index in [1.807, 2.05) is 12.1 Å². The molecular formula is C16H15BrN2O3. The molecule has 0 radical (unpaired) electrons. The highest BCUT2D eigenvalue weighted by molar-refractivity contribution is 9.10. The van der Waals surface area contributed by atoms with E-state index in [1.54, 1.807) is 36.4 Å². The third-order valence-corrected chi connectivity index (χ3v) is 3.54. The second-order valence-corrected chi connectivity index (χ2v) is 5.31. The third kappa shape index (κ3) is 4.33. The average Bonchev–Trinajstić information content (AvgIpc) is 2.50. The van der Waals surface area contributed by atoms with Gasteiger partial charge in [0.25, 0.3) is 0 Å². The molecule has 0 aliphatic carbocycles. The zero-order valence-corrected chi connectivity index (χ0v) is 13.5. The number of anilines is 2. The van der Waals surface area contributed by atoms with Crippen molar-refractivity contribution < 1.29 is 14.3 Å². The van der Waals surface area contributed by atoms with E-state index in [9.17, 15) is 9.59 Å². The van der Waals surface area contributed by atoms with Gasteiger partial charge in [-0.15, -0.1) is 0 Å². The first-order valence-electron chi connectivity index (χ1n) is 6.57. The lowest BCUT2D eigenvalue weighted by Gasteiger charge is -2.10. The number of para-hydroxylation sites is 3. The molecule has 0 bridgehead atoms. The van der Waals surface area contributed by atoms with Crippen LogP contribution in [0.2, 0.25) is 0 Å². The van der Waals surface area contributed by atoms with Crippen LogP contribution in [-0.2, 0) is 9.59 Å². The molecule has 0 heterocycles. The van der Waals surface area contributed by atoms with Crippen molar-refractivity contribution >= 4 is 39.1 Å². The number of halogens is 1. The summed E-state index contributed by atoms with van der Waals surface area (Å²) in [4.78, 5) is 23.8. The van der Waals surface area contributed by atoms with Gasteiger partial charge in [0.05, 0.1) is 18.5 Å². The van der Waals surface area contributed by atoms with E-state index < -0.39 is 5.91 Å². The van der Waals surface area contributed by atoms with E-state index in [0.717, 1.165) is 4.47 Å². The van der Waals surface area contributed by atoms with Gasteiger partial charge in [0.2, 0.25) is 11.8 Å². The monoisotopic (exact) mass is 362 g/mol. The summed E-state index contributed by atoms with van der Waals surface area (Å²) in [6, 6.07) is 14.2. The predicted octanol–water partition coefficient (Wildman–Crippen LogP) is 3.43. The van der Waals surface area contributed by atoms with Gasteiger partial charge in [-0.1, -0.05) is 24.3 Å². The summed E-state index contributed by atoms with van der Waals surface area (Å²) in [5.41, 5.74) is 1.15. The highest BCUT2D eigenvalue weighted by Gasteiger charge is 2.12. The quantitative estimate of drug-likeness (QED) is 0.800. The van der Waals surface area contributed by atoms with Crippen molar-refractivity contribution in [1.82, 2.24) is 0 Å². The summed E-state index contributed by atoms with van der Waals surface area (Å²) in [6.07, 6.45) is -0.278. The van der Waals surface area contributed by atoms with Crippen LogP contribution >= 0.6 is 15.9 Å². The molecule has 5 nitrogen and oxygen atoms in total. The Hall–Kier alpha value is -2.34. The fraction of sp³-hybridized carbons (Fsp3) is 0.125. The predicted molar refractivity (Wildman–Crippen MR) is 89.0 cm³/mol. The Morgan fingerprint density at radius 1 is 0.955 bits per heavy atom. The number of carbonyl (C=O) groups is 2. The maximum atomic E-state index is 11.9. The largest absolute Gasteiger partial charge is 0.495 e. The van der Waals surface area contributed by atoms with Crippen molar-refractivity contribution in [2.45, 2.75) is 6.42 Å². The fourth-order valence-electron chi connectivity index (χ4n) is 1.85. The topological polar surface area (TPSA) is 67.4 Å². The molecule has 0 aromatic heterocycles. The van der Waals surface area contributed by atoms with Crippen LogP contribution in [0.4, 0.5) is 11.4 Å². The van der Waals surface area contributed by atoms with E-state index in [-0.39, 0.29) is 12.3 Å². The Kier molecular flexibility index (Phi) is 5.55. The molecule has 0 saturated carbocycles. The van der Waals surface area contributed by atoms with Crippen molar-refractivity contribution in [2.75, 3.05) is 17.7 Å². The van der Waals surface area contributed by atoms with Gasteiger partial charge in [0, 0.05) is 4.47 Å². The van der Waals surface area contributed by atoms with Gasteiger partial charge < -0.3 is 15.4 Å². The van der Waals surface area contributed by atoms with Gasteiger partial charge >= 0.3 is 0 Å². The van der Waals surface area contributed by atoms with Crippen LogP contribution in [0.3, 0.4) is 0 Å². The van der Waals surface area contributed by atoms with Crippen LogP contribution in [0.1, 0.15) is 6.42 Å². The minimum absolute atomic E-state index is 0.278. The van der Waals surface area contributed by atoms with Gasteiger partial charge in [0.1, 0.15) is 12.2 Å². The van der Waals surface area contributed by atoms with Crippen LogP contribution in [0.25, 0.3) is 0 Å². The minimum Gasteiger partial charge on any atom is -0.495 e. The number of ether oxygens (including phenoxy) is 1. The number of amides is 2. The number of nitrogens with one attached hydrogen (secondary N) is 2. The fourth-order valence-corrected chi connectivity index (χ4v) is 2.23. The zero-order chi connectivity index (χ0) is 15.9. The van der Waals surface area contributed by atoms with E-state index >= 15 is 0 Å². The summed E-state index contributed by atoms with van der Waals surface area (Å²) in [7, 11) is 1.52. The molecule has 6 heteroatoms. The molecule has 0 fully saturated rings. The van der Waals surface area contributed by atoms with Gasteiger partial charge in [-0.3, -0.25) is 9.59 Å². The molecule has 2 aromatic rings. The lowest BCUT2D eigenvalue weighted by atomic mass is 10.2. The smallest absolute Gasteiger partial charge is 0.233 e. The van der Waals surface area contributed by atoms with Crippen molar-refractivity contribution in [3.05, 3.63) is 53.0 Å². The van der Waals surface area contributed by atoms with E-state index in [4.69, 9.17) is 4.74 Å². The Balaban J connectivity index is 1.94. The van der Waals surface area contributed by atoms with Gasteiger partial charge in [-0.25, -0.2) is 0 Å². The van der Waals surface area contributed by atoms with Gasteiger partial charge in [-0.2, -0.15) is 0 Å². The Bertz CT molecular complexity index is 689. The second-order valence-electron chi connectivity index (χ2n) is 4.45. The summed E-state index contributed by atoms with van der Waals surface area (Å²) in [5.74, 6) is -0.254. The summed E-state index contributed by atoms with van der Waals surface area (Å²) in [5, 5.41) is 5.33. The number of rotatable bonds is 5. The number of benzene rings is 2. The molecule has 0 saturated heterocycles. The van der Waals surface area contributed by atoms with E-state index in [0.29, 0.717) is 17.1 Å². The van der Waals surface area contributed by atoms with E-state index in [2.05, 4.69) is 26.6 Å². The molecule has 2 aromatic carbocycles. The minimum atomic E-state index is -0.408. The molecule has 0 aliphatic heterocycles. The molecule has 2 rings (SSSR count). The first-order valence-corrected chi connectivity index (χ1v) is 7.36. The average molecular weight is 363 g/mol. The molecule has 2 amide bonds. The molecule has 0 aliphatic rings. The van der Waals surface area contributed by atoms with Crippen molar-refractivity contribution in [1.29, 1.82) is 0 Å². The number of hydrogen-bond acceptors (Lipinski definition) is 3. The highest BCUT2D eigenvalue weighted by atomic mass is 79.9. The number of methoxy groups -OCH3 is 1. The van der Waals surface area contributed by atoms with Crippen LogP contribution in [0, 0.1) is 0 Å². The second kappa shape index (κ2) is 7.61. The maximum absolute atomic E-state index is 11.9. The lowest BCUT2D eigenvalue weighted by molar-refractivity contribution is -0.123. The maximum Gasteiger partial charge on any atom is 0.233 e. The van der Waals surface area contributed by atoms with Crippen LogP contribution in [0.15, 0.2) is 53.0 Å². The first kappa shape index (κ1) is 16.0. The van der Waals surface area contributed by atoms with Crippen LogP contribution < -0.4 is 15.4 Å². The SMILES string of the molecule is COc1ccccc1NC(=O)CC(=O)Nc1ccccc1Br. The van der Waals surface area contributed by atoms with E-state index in [1.165, 1.54) is 7.11 Å². The normalized spacial score (nSPS) is 9.91. The molecule has 0 unspecified atom stereocenters. The summed E-state index contributed by atoms with van der Waals surface area (Å²) >= 11 is 3.33. The molecule has 114 valence electrons. The lowest BCUT2D eigenvalue weighted by Crippen LogP contribution is -2.21. The molecule has 0 atom stereocenters. The zero-order valence-electron chi connectivity index (χ0n) is 11.9.